The Balaban J connectivity index is 1.72. The van der Waals surface area contributed by atoms with E-state index in [2.05, 4.69) is 15.6 Å². The quantitative estimate of drug-likeness (QED) is 0.895. The maximum Gasteiger partial charge on any atom is 0.252 e. The van der Waals surface area contributed by atoms with Crippen LogP contribution >= 0.6 is 0 Å². The summed E-state index contributed by atoms with van der Waals surface area (Å²) in [5, 5.41) is 7.32. The van der Waals surface area contributed by atoms with Crippen LogP contribution in [-0.2, 0) is 0 Å². The molecule has 20 heavy (non-hydrogen) atoms. The lowest BCUT2D eigenvalue weighted by molar-refractivity contribution is 0.0946. The Morgan fingerprint density at radius 3 is 2.90 bits per heavy atom. The zero-order chi connectivity index (χ0) is 13.8. The number of benzene rings is 1. The number of amides is 1. The number of nitrogens with one attached hydrogen (secondary N) is 2. The van der Waals surface area contributed by atoms with Gasteiger partial charge in [0.2, 0.25) is 0 Å². The Morgan fingerprint density at radius 2 is 2.05 bits per heavy atom. The second kappa shape index (κ2) is 6.01. The van der Waals surface area contributed by atoms with Gasteiger partial charge in [-0.25, -0.2) is 0 Å². The van der Waals surface area contributed by atoms with Gasteiger partial charge in [0.1, 0.15) is 0 Å². The third-order valence-corrected chi connectivity index (χ3v) is 3.90. The van der Waals surface area contributed by atoms with E-state index in [9.17, 15) is 4.79 Å². The molecule has 1 aliphatic heterocycles. The van der Waals surface area contributed by atoms with Crippen molar-refractivity contribution in [3.8, 4) is 0 Å². The molecule has 0 atom stereocenters. The van der Waals surface area contributed by atoms with E-state index in [1.165, 1.54) is 0 Å². The van der Waals surface area contributed by atoms with E-state index in [4.69, 9.17) is 0 Å². The van der Waals surface area contributed by atoms with E-state index in [-0.39, 0.29) is 5.91 Å². The Bertz CT molecular complexity index is 600. The van der Waals surface area contributed by atoms with Gasteiger partial charge in [0.05, 0.1) is 11.1 Å². The lowest BCUT2D eigenvalue weighted by atomic mass is 9.98. The van der Waals surface area contributed by atoms with Crippen molar-refractivity contribution in [2.24, 2.45) is 5.92 Å². The summed E-state index contributed by atoms with van der Waals surface area (Å²) < 4.78 is 0. The Morgan fingerprint density at radius 1 is 1.25 bits per heavy atom. The first-order valence-electron chi connectivity index (χ1n) is 7.17. The smallest absolute Gasteiger partial charge is 0.252 e. The Labute approximate surface area is 118 Å². The van der Waals surface area contributed by atoms with Crippen LogP contribution in [0.4, 0.5) is 0 Å². The molecule has 4 nitrogen and oxygen atoms in total. The minimum Gasteiger partial charge on any atom is -0.352 e. The van der Waals surface area contributed by atoms with Crippen LogP contribution in [0, 0.1) is 5.92 Å². The third-order valence-electron chi connectivity index (χ3n) is 3.90. The molecule has 0 spiro atoms. The fraction of sp³-hybridized carbons (Fsp3) is 0.375. The molecule has 2 aromatic rings. The molecule has 0 unspecified atom stereocenters. The highest BCUT2D eigenvalue weighted by atomic mass is 16.1. The second-order valence-corrected chi connectivity index (χ2v) is 5.28. The molecule has 0 saturated carbocycles. The van der Waals surface area contributed by atoms with Crippen molar-refractivity contribution in [3.63, 3.8) is 0 Å². The number of carbonyl (C=O) groups is 1. The Kier molecular flexibility index (Phi) is 3.92. The third kappa shape index (κ3) is 2.80. The van der Waals surface area contributed by atoms with Crippen molar-refractivity contribution in [1.29, 1.82) is 0 Å². The van der Waals surface area contributed by atoms with Crippen molar-refractivity contribution in [2.45, 2.75) is 12.8 Å². The number of hydrogen-bond acceptors (Lipinski definition) is 3. The zero-order valence-electron chi connectivity index (χ0n) is 11.4. The summed E-state index contributed by atoms with van der Waals surface area (Å²) in [7, 11) is 0. The van der Waals surface area contributed by atoms with Crippen molar-refractivity contribution in [1.82, 2.24) is 15.6 Å². The topological polar surface area (TPSA) is 54.0 Å². The standard InChI is InChI=1S/C16H19N3O/c20-16(19-11-12-5-8-17-9-6-12)14-7-10-18-15-4-2-1-3-13(14)15/h1-4,7,10,12,17H,5-6,8-9,11H2,(H,19,20). The van der Waals surface area contributed by atoms with Gasteiger partial charge in [0.15, 0.2) is 0 Å². The summed E-state index contributed by atoms with van der Waals surface area (Å²) in [4.78, 5) is 16.6. The van der Waals surface area contributed by atoms with Gasteiger partial charge < -0.3 is 10.6 Å². The van der Waals surface area contributed by atoms with Gasteiger partial charge in [-0.2, -0.15) is 0 Å². The van der Waals surface area contributed by atoms with Crippen molar-refractivity contribution < 1.29 is 4.79 Å². The van der Waals surface area contributed by atoms with Crippen LogP contribution in [0.15, 0.2) is 36.5 Å². The first-order chi connectivity index (χ1) is 9.84. The molecule has 1 amide bonds. The van der Waals surface area contributed by atoms with E-state index >= 15 is 0 Å². The zero-order valence-corrected chi connectivity index (χ0v) is 11.4. The van der Waals surface area contributed by atoms with Crippen molar-refractivity contribution in [3.05, 3.63) is 42.1 Å². The number of aromatic nitrogens is 1. The summed E-state index contributed by atoms with van der Waals surface area (Å²) in [5.74, 6) is 0.593. The number of fused-ring (bicyclic) bond motifs is 1. The van der Waals surface area contributed by atoms with Gasteiger partial charge >= 0.3 is 0 Å². The van der Waals surface area contributed by atoms with E-state index < -0.39 is 0 Å². The summed E-state index contributed by atoms with van der Waals surface area (Å²) in [5.41, 5.74) is 1.58. The fourth-order valence-electron chi connectivity index (χ4n) is 2.71. The molecule has 1 aromatic heterocycles. The first-order valence-corrected chi connectivity index (χ1v) is 7.17. The molecule has 3 rings (SSSR count). The molecule has 1 fully saturated rings. The summed E-state index contributed by atoms with van der Waals surface area (Å²) in [6.45, 7) is 2.87. The van der Waals surface area contributed by atoms with Crippen LogP contribution in [0.25, 0.3) is 10.9 Å². The molecule has 2 N–H and O–H groups in total. The highest BCUT2D eigenvalue weighted by Crippen LogP contribution is 2.16. The van der Waals surface area contributed by atoms with Gasteiger partial charge in [-0.05, 0) is 44.0 Å². The van der Waals surface area contributed by atoms with Gasteiger partial charge in [-0.3, -0.25) is 9.78 Å². The minimum absolute atomic E-state index is 0.00197. The van der Waals surface area contributed by atoms with Crippen LogP contribution in [-0.4, -0.2) is 30.5 Å². The molecular weight excluding hydrogens is 250 g/mol. The number of hydrogen-bond donors (Lipinski definition) is 2. The fourth-order valence-corrected chi connectivity index (χ4v) is 2.71. The van der Waals surface area contributed by atoms with Crippen LogP contribution in [0.3, 0.4) is 0 Å². The van der Waals surface area contributed by atoms with Crippen molar-refractivity contribution >= 4 is 16.8 Å². The Hall–Kier alpha value is -1.94. The summed E-state index contributed by atoms with van der Waals surface area (Å²) in [6, 6.07) is 9.54. The summed E-state index contributed by atoms with van der Waals surface area (Å²) >= 11 is 0. The van der Waals surface area contributed by atoms with Crippen LogP contribution in [0.5, 0.6) is 0 Å². The predicted octanol–water partition coefficient (Wildman–Crippen LogP) is 1.96. The molecular formula is C16H19N3O. The monoisotopic (exact) mass is 269 g/mol. The molecule has 2 heterocycles. The molecule has 4 heteroatoms. The van der Waals surface area contributed by atoms with Gasteiger partial charge in [-0.15, -0.1) is 0 Å². The largest absolute Gasteiger partial charge is 0.352 e. The van der Waals surface area contributed by atoms with Crippen molar-refractivity contribution in [2.75, 3.05) is 19.6 Å². The lowest BCUT2D eigenvalue weighted by Gasteiger charge is -2.22. The molecule has 0 bridgehead atoms. The van der Waals surface area contributed by atoms with Gasteiger partial charge in [-0.1, -0.05) is 18.2 Å². The average Bonchev–Trinajstić information content (AvgIpc) is 2.53. The normalized spacial score (nSPS) is 16.2. The minimum atomic E-state index is 0.00197. The molecule has 0 aliphatic carbocycles. The number of rotatable bonds is 3. The maximum atomic E-state index is 12.3. The highest BCUT2D eigenvalue weighted by molar-refractivity contribution is 6.05. The molecule has 104 valence electrons. The van der Waals surface area contributed by atoms with E-state index in [0.717, 1.165) is 43.4 Å². The highest BCUT2D eigenvalue weighted by Gasteiger charge is 2.15. The maximum absolute atomic E-state index is 12.3. The summed E-state index contributed by atoms with van der Waals surface area (Å²) in [6.07, 6.45) is 3.97. The van der Waals surface area contributed by atoms with Crippen LogP contribution < -0.4 is 10.6 Å². The van der Waals surface area contributed by atoms with Gasteiger partial charge in [0.25, 0.3) is 5.91 Å². The number of nitrogens with zero attached hydrogens (tertiary/aromatic N) is 1. The molecule has 1 saturated heterocycles. The van der Waals surface area contributed by atoms with E-state index in [1.54, 1.807) is 12.3 Å². The number of carbonyl (C=O) groups excluding carboxylic acids is 1. The van der Waals surface area contributed by atoms with Crippen LogP contribution in [0.2, 0.25) is 0 Å². The number of piperidine rings is 1. The second-order valence-electron chi connectivity index (χ2n) is 5.28. The first kappa shape index (κ1) is 13.1. The lowest BCUT2D eigenvalue weighted by Crippen LogP contribution is -2.36. The van der Waals surface area contributed by atoms with Gasteiger partial charge in [0, 0.05) is 18.1 Å². The van der Waals surface area contributed by atoms with E-state index in [1.807, 2.05) is 24.3 Å². The molecule has 1 aliphatic rings. The number of para-hydroxylation sites is 1. The van der Waals surface area contributed by atoms with Crippen LogP contribution in [0.1, 0.15) is 23.2 Å². The SMILES string of the molecule is O=C(NCC1CCNCC1)c1ccnc2ccccc12. The van der Waals surface area contributed by atoms with E-state index in [0.29, 0.717) is 11.5 Å². The predicted molar refractivity (Wildman–Crippen MR) is 79.7 cm³/mol. The molecule has 1 aromatic carbocycles. The molecule has 0 radical (unpaired) electrons. The average molecular weight is 269 g/mol. The number of pyridine rings is 1.